The number of ether oxygens (including phenoxy) is 3. The van der Waals surface area contributed by atoms with Gasteiger partial charge in [0.05, 0.1) is 13.7 Å². The van der Waals surface area contributed by atoms with Crippen LogP contribution in [-0.4, -0.2) is 57.4 Å². The van der Waals surface area contributed by atoms with Crippen LogP contribution in [0.2, 0.25) is 0 Å². The lowest BCUT2D eigenvalue weighted by Gasteiger charge is -2.13. The molecule has 41 heavy (non-hydrogen) atoms. The van der Waals surface area contributed by atoms with E-state index in [0.29, 0.717) is 46.2 Å². The Hall–Kier alpha value is -5.45. The molecular formula is C30H29N7O4. The van der Waals surface area contributed by atoms with Crippen LogP contribution in [0.25, 0.3) is 11.2 Å². The molecule has 208 valence electrons. The lowest BCUT2D eigenvalue weighted by molar-refractivity contribution is 0.0827. The molecule has 0 atom stereocenters. The third kappa shape index (κ3) is 5.78. The van der Waals surface area contributed by atoms with Crippen LogP contribution in [0.5, 0.6) is 29.1 Å². The largest absolute Gasteiger partial charge is 0.493 e. The molecule has 1 amide bonds. The minimum atomic E-state index is -0.160. The number of rotatable bonds is 9. The number of nitrogen functional groups attached to an aromatic ring is 1. The second-order valence-corrected chi connectivity index (χ2v) is 9.43. The fraction of sp³-hybridized carbons (Fsp3) is 0.167. The van der Waals surface area contributed by atoms with Gasteiger partial charge in [-0.15, -0.1) is 0 Å². The van der Waals surface area contributed by atoms with Crippen molar-refractivity contribution >= 4 is 22.9 Å². The molecule has 0 aliphatic carbocycles. The van der Waals surface area contributed by atoms with Gasteiger partial charge in [0, 0.05) is 25.2 Å². The van der Waals surface area contributed by atoms with Crippen molar-refractivity contribution < 1.29 is 19.0 Å². The van der Waals surface area contributed by atoms with E-state index in [0.717, 1.165) is 5.56 Å². The molecule has 0 spiro atoms. The summed E-state index contributed by atoms with van der Waals surface area (Å²) in [5.74, 6) is 1.65. The predicted octanol–water partition coefficient (Wildman–Crippen LogP) is 4.76. The SMILES string of the molecule is COc1ccc(C(=N)N)cc1Oc1nc(Oc2cccc(C(=O)N(C)C)c2)c2nc(C)n(Cc3ccccc3)c2n1. The summed E-state index contributed by atoms with van der Waals surface area (Å²) in [5, 5.41) is 7.81. The number of carbonyl (C=O) groups is 1. The van der Waals surface area contributed by atoms with Crippen LogP contribution in [-0.2, 0) is 6.54 Å². The first-order valence-electron chi connectivity index (χ1n) is 12.7. The van der Waals surface area contributed by atoms with Crippen molar-refractivity contribution in [2.24, 2.45) is 5.73 Å². The first-order valence-corrected chi connectivity index (χ1v) is 12.7. The fourth-order valence-corrected chi connectivity index (χ4v) is 4.22. The maximum atomic E-state index is 12.5. The molecule has 0 saturated carbocycles. The zero-order chi connectivity index (χ0) is 29.1. The third-order valence-corrected chi connectivity index (χ3v) is 6.29. The maximum Gasteiger partial charge on any atom is 0.327 e. The highest BCUT2D eigenvalue weighted by Gasteiger charge is 2.21. The summed E-state index contributed by atoms with van der Waals surface area (Å²) < 4.78 is 19.7. The molecular weight excluding hydrogens is 522 g/mol. The summed E-state index contributed by atoms with van der Waals surface area (Å²) in [6, 6.07) is 21.6. The van der Waals surface area contributed by atoms with E-state index in [9.17, 15) is 4.79 Å². The first-order chi connectivity index (χ1) is 19.7. The molecule has 5 rings (SSSR count). The molecule has 0 unspecified atom stereocenters. The van der Waals surface area contributed by atoms with E-state index in [-0.39, 0.29) is 29.4 Å². The normalized spacial score (nSPS) is 10.8. The van der Waals surface area contributed by atoms with Crippen molar-refractivity contribution in [1.82, 2.24) is 24.4 Å². The highest BCUT2D eigenvalue weighted by Crippen LogP contribution is 2.35. The van der Waals surface area contributed by atoms with E-state index in [2.05, 4.69) is 4.98 Å². The number of hydrogen-bond acceptors (Lipinski definition) is 8. The van der Waals surface area contributed by atoms with E-state index in [1.165, 1.54) is 12.0 Å². The number of carbonyl (C=O) groups excluding carboxylic acids is 1. The number of imidazole rings is 1. The lowest BCUT2D eigenvalue weighted by atomic mass is 10.2. The summed E-state index contributed by atoms with van der Waals surface area (Å²) >= 11 is 0. The van der Waals surface area contributed by atoms with Gasteiger partial charge in [0.2, 0.25) is 0 Å². The average Bonchev–Trinajstić information content (AvgIpc) is 3.28. The molecule has 2 heterocycles. The molecule has 0 radical (unpaired) electrons. The number of aromatic nitrogens is 4. The van der Waals surface area contributed by atoms with Gasteiger partial charge in [0.1, 0.15) is 17.4 Å². The summed E-state index contributed by atoms with van der Waals surface area (Å²) in [6.45, 7) is 2.39. The van der Waals surface area contributed by atoms with E-state index in [4.69, 9.17) is 35.3 Å². The van der Waals surface area contributed by atoms with E-state index in [1.54, 1.807) is 56.6 Å². The van der Waals surface area contributed by atoms with Gasteiger partial charge in [0.15, 0.2) is 22.7 Å². The quantitative estimate of drug-likeness (QED) is 0.197. The molecule has 2 aromatic heterocycles. The van der Waals surface area contributed by atoms with Crippen molar-refractivity contribution in [2.45, 2.75) is 13.5 Å². The van der Waals surface area contributed by atoms with Crippen LogP contribution in [0.3, 0.4) is 0 Å². The first kappa shape index (κ1) is 27.1. The Morgan fingerprint density at radius 2 is 1.71 bits per heavy atom. The van der Waals surface area contributed by atoms with E-state index in [1.807, 2.05) is 41.8 Å². The van der Waals surface area contributed by atoms with E-state index >= 15 is 0 Å². The Morgan fingerprint density at radius 1 is 0.927 bits per heavy atom. The van der Waals surface area contributed by atoms with Gasteiger partial charge < -0.3 is 29.4 Å². The number of nitrogens with two attached hydrogens (primary N) is 1. The van der Waals surface area contributed by atoms with Crippen LogP contribution >= 0.6 is 0 Å². The highest BCUT2D eigenvalue weighted by molar-refractivity contribution is 5.95. The molecule has 0 aliphatic rings. The molecule has 11 nitrogen and oxygen atoms in total. The Kier molecular flexibility index (Phi) is 7.51. The average molecular weight is 552 g/mol. The predicted molar refractivity (Wildman–Crippen MR) is 154 cm³/mol. The number of methoxy groups -OCH3 is 1. The smallest absolute Gasteiger partial charge is 0.327 e. The molecule has 0 fully saturated rings. The number of nitrogens with one attached hydrogen (secondary N) is 1. The molecule has 3 N–H and O–H groups in total. The number of fused-ring (bicyclic) bond motifs is 1. The monoisotopic (exact) mass is 551 g/mol. The van der Waals surface area contributed by atoms with E-state index < -0.39 is 0 Å². The summed E-state index contributed by atoms with van der Waals surface area (Å²) in [7, 11) is 4.88. The number of aryl methyl sites for hydroxylation is 1. The second-order valence-electron chi connectivity index (χ2n) is 9.43. The summed E-state index contributed by atoms with van der Waals surface area (Å²) in [4.78, 5) is 28.0. The van der Waals surface area contributed by atoms with Crippen LogP contribution in [0.15, 0.2) is 72.8 Å². The number of hydrogen-bond donors (Lipinski definition) is 2. The standard InChI is InChI=1S/C30H29N7O4/c1-18-33-25-27(37(18)17-19-9-6-5-7-10-19)34-30(41-24-16-20(26(31)32)13-14-23(24)39-4)35-28(25)40-22-12-8-11-21(15-22)29(38)36(2)3/h5-16H,17H2,1-4H3,(H3,31,32). The summed E-state index contributed by atoms with van der Waals surface area (Å²) in [5.41, 5.74) is 8.59. The Bertz CT molecular complexity index is 1750. The molecule has 11 heteroatoms. The van der Waals surface area contributed by atoms with Gasteiger partial charge in [-0.3, -0.25) is 10.2 Å². The van der Waals surface area contributed by atoms with Gasteiger partial charge in [-0.1, -0.05) is 36.4 Å². The highest BCUT2D eigenvalue weighted by atomic mass is 16.5. The molecule has 0 aliphatic heterocycles. The van der Waals surface area contributed by atoms with Gasteiger partial charge in [0.25, 0.3) is 11.8 Å². The van der Waals surface area contributed by atoms with Crippen LogP contribution in [0, 0.1) is 12.3 Å². The minimum Gasteiger partial charge on any atom is -0.493 e. The van der Waals surface area contributed by atoms with Gasteiger partial charge in [-0.05, 0) is 48.9 Å². The Morgan fingerprint density at radius 3 is 2.41 bits per heavy atom. The molecule has 3 aromatic carbocycles. The lowest BCUT2D eigenvalue weighted by Crippen LogP contribution is -2.21. The van der Waals surface area contributed by atoms with Gasteiger partial charge >= 0.3 is 6.01 Å². The Labute approximate surface area is 236 Å². The van der Waals surface area contributed by atoms with Gasteiger partial charge in [-0.25, -0.2) is 4.98 Å². The summed E-state index contributed by atoms with van der Waals surface area (Å²) in [6.07, 6.45) is 0. The second kappa shape index (κ2) is 11.3. The fourth-order valence-electron chi connectivity index (χ4n) is 4.22. The van der Waals surface area contributed by atoms with Crippen LogP contribution in [0.1, 0.15) is 27.3 Å². The van der Waals surface area contributed by atoms with Crippen molar-refractivity contribution in [2.75, 3.05) is 21.2 Å². The zero-order valence-electron chi connectivity index (χ0n) is 23.1. The van der Waals surface area contributed by atoms with Crippen molar-refractivity contribution in [3.63, 3.8) is 0 Å². The number of amides is 1. The van der Waals surface area contributed by atoms with Crippen molar-refractivity contribution in [1.29, 1.82) is 5.41 Å². The van der Waals surface area contributed by atoms with Crippen LogP contribution in [0.4, 0.5) is 0 Å². The Balaban J connectivity index is 1.63. The molecule has 0 saturated heterocycles. The van der Waals surface area contributed by atoms with Crippen LogP contribution < -0.4 is 19.9 Å². The maximum absolute atomic E-state index is 12.5. The number of benzene rings is 3. The third-order valence-electron chi connectivity index (χ3n) is 6.29. The molecule has 0 bridgehead atoms. The van der Waals surface area contributed by atoms with Crippen molar-refractivity contribution in [3.05, 3.63) is 95.3 Å². The number of nitrogens with zero attached hydrogens (tertiary/aromatic N) is 5. The zero-order valence-corrected chi connectivity index (χ0v) is 23.1. The topological polar surface area (TPSA) is 141 Å². The van der Waals surface area contributed by atoms with Crippen molar-refractivity contribution in [3.8, 4) is 29.1 Å². The minimum absolute atomic E-state index is 0.0266. The van der Waals surface area contributed by atoms with Gasteiger partial charge in [-0.2, -0.15) is 9.97 Å². The molecule has 5 aromatic rings. The number of amidine groups is 1.